The van der Waals surface area contributed by atoms with Gasteiger partial charge >= 0.3 is 5.97 Å². The molecule has 5 atom stereocenters. The first kappa shape index (κ1) is 18.2. The van der Waals surface area contributed by atoms with E-state index in [-0.39, 0.29) is 33.9 Å². The molecule has 0 saturated heterocycles. The number of rotatable bonds is 1. The van der Waals surface area contributed by atoms with Gasteiger partial charge < -0.3 is 9.84 Å². The van der Waals surface area contributed by atoms with Crippen LogP contribution in [0.1, 0.15) is 64.7 Å². The molecular formula is C18H29IO3. The molecule has 0 aromatic heterocycles. The van der Waals surface area contributed by atoms with E-state index >= 15 is 0 Å². The Morgan fingerprint density at radius 2 is 2.00 bits per heavy atom. The molecule has 1 aliphatic carbocycles. The molecule has 0 aromatic carbocycles. The van der Waals surface area contributed by atoms with E-state index in [2.05, 4.69) is 41.7 Å². The molecule has 2 aliphatic rings. The summed E-state index contributed by atoms with van der Waals surface area (Å²) in [5, 5.41) is 10.5. The number of fused-ring (bicyclic) bond motifs is 1. The van der Waals surface area contributed by atoms with Crippen LogP contribution < -0.4 is 0 Å². The number of hydrogen-bond acceptors (Lipinski definition) is 3. The first-order valence-corrected chi connectivity index (χ1v) is 10.1. The van der Waals surface area contributed by atoms with Gasteiger partial charge in [0.25, 0.3) is 0 Å². The molecule has 0 amide bonds. The third-order valence-electron chi connectivity index (χ3n) is 5.03. The summed E-state index contributed by atoms with van der Waals surface area (Å²) in [6.07, 6.45) is 13.1. The number of esters is 1. The molecule has 0 spiro atoms. The molecule has 1 heterocycles. The fraction of sp³-hybridized carbons (Fsp3) is 0.833. The predicted molar refractivity (Wildman–Crippen MR) is 97.0 cm³/mol. The van der Waals surface area contributed by atoms with E-state index in [4.69, 9.17) is 4.74 Å². The van der Waals surface area contributed by atoms with Crippen LogP contribution in [0.5, 0.6) is 0 Å². The standard InChI is InChI=1S/C18H29IO3/c1-2-16-14-12-15(19)18(21)13(14)10-8-6-4-3-5-7-9-11-17(20)22-16/h8,10,13-16,18,21H,2-7,9,11-12H2,1H3/b10-8-/t13-,14+,15+,16?,18+/m0/s1. The average molecular weight is 420 g/mol. The van der Waals surface area contributed by atoms with Crippen LogP contribution in [0.15, 0.2) is 12.2 Å². The lowest BCUT2D eigenvalue weighted by Gasteiger charge is -2.27. The van der Waals surface area contributed by atoms with Gasteiger partial charge in [0.05, 0.1) is 6.10 Å². The van der Waals surface area contributed by atoms with Crippen LogP contribution in [-0.2, 0) is 9.53 Å². The van der Waals surface area contributed by atoms with Crippen molar-refractivity contribution in [2.45, 2.75) is 80.8 Å². The molecule has 1 saturated carbocycles. The topological polar surface area (TPSA) is 46.5 Å². The Bertz CT molecular complexity index is 383. The first-order valence-electron chi connectivity index (χ1n) is 8.81. The number of cyclic esters (lactones) is 1. The van der Waals surface area contributed by atoms with Crippen molar-refractivity contribution in [2.24, 2.45) is 11.8 Å². The Balaban J connectivity index is 2.12. The average Bonchev–Trinajstić information content (AvgIpc) is 2.78. The van der Waals surface area contributed by atoms with Gasteiger partial charge in [-0.3, -0.25) is 4.79 Å². The summed E-state index contributed by atoms with van der Waals surface area (Å²) in [6, 6.07) is 0. The zero-order valence-electron chi connectivity index (χ0n) is 13.5. The fourth-order valence-electron chi connectivity index (χ4n) is 3.72. The monoisotopic (exact) mass is 420 g/mol. The number of allylic oxidation sites excluding steroid dienone is 1. The number of ether oxygens (including phenoxy) is 1. The highest BCUT2D eigenvalue weighted by Crippen LogP contribution is 2.41. The van der Waals surface area contributed by atoms with Crippen LogP contribution >= 0.6 is 22.6 Å². The molecule has 1 unspecified atom stereocenters. The van der Waals surface area contributed by atoms with Crippen LogP contribution in [0.25, 0.3) is 0 Å². The molecule has 0 aromatic rings. The highest BCUT2D eigenvalue weighted by atomic mass is 127. The maximum Gasteiger partial charge on any atom is 0.306 e. The lowest BCUT2D eigenvalue weighted by atomic mass is 9.87. The summed E-state index contributed by atoms with van der Waals surface area (Å²) < 4.78 is 6.02. The third kappa shape index (κ3) is 4.95. The summed E-state index contributed by atoms with van der Waals surface area (Å²) in [4.78, 5) is 12.1. The Hall–Kier alpha value is -0.100. The Kier molecular flexibility index (Phi) is 7.68. The number of alkyl halides is 1. The van der Waals surface area contributed by atoms with E-state index < -0.39 is 0 Å². The minimum absolute atomic E-state index is 0.0560. The van der Waals surface area contributed by atoms with E-state index in [0.29, 0.717) is 6.42 Å². The summed E-state index contributed by atoms with van der Waals surface area (Å²) >= 11 is 2.34. The zero-order valence-corrected chi connectivity index (χ0v) is 15.7. The van der Waals surface area contributed by atoms with Crippen molar-refractivity contribution < 1.29 is 14.6 Å². The third-order valence-corrected chi connectivity index (χ3v) is 6.27. The van der Waals surface area contributed by atoms with Crippen LogP contribution in [-0.4, -0.2) is 27.2 Å². The van der Waals surface area contributed by atoms with Gasteiger partial charge in [-0.15, -0.1) is 0 Å². The Morgan fingerprint density at radius 3 is 2.77 bits per heavy atom. The van der Waals surface area contributed by atoms with Crippen LogP contribution in [0.2, 0.25) is 0 Å². The molecule has 2 rings (SSSR count). The SMILES string of the molecule is CCC1OC(=O)CCCCCCC/C=C\[C@@H]2[C@@H](O)[C@H](I)C[C@@H]12. The maximum absolute atomic E-state index is 12.1. The maximum atomic E-state index is 12.1. The van der Waals surface area contributed by atoms with Crippen molar-refractivity contribution in [1.29, 1.82) is 0 Å². The molecule has 126 valence electrons. The summed E-state index contributed by atoms with van der Waals surface area (Å²) in [7, 11) is 0. The minimum Gasteiger partial charge on any atom is -0.462 e. The highest BCUT2D eigenvalue weighted by Gasteiger charge is 2.44. The van der Waals surface area contributed by atoms with E-state index in [1.165, 1.54) is 19.3 Å². The van der Waals surface area contributed by atoms with Crippen molar-refractivity contribution in [3.05, 3.63) is 12.2 Å². The van der Waals surface area contributed by atoms with Crippen molar-refractivity contribution in [1.82, 2.24) is 0 Å². The van der Waals surface area contributed by atoms with Crippen molar-refractivity contribution in [3.63, 3.8) is 0 Å². The summed E-state index contributed by atoms with van der Waals surface area (Å²) in [6.45, 7) is 2.08. The van der Waals surface area contributed by atoms with E-state index in [1.807, 2.05) is 0 Å². The largest absolute Gasteiger partial charge is 0.462 e. The van der Waals surface area contributed by atoms with Crippen molar-refractivity contribution in [3.8, 4) is 0 Å². The molecule has 1 N–H and O–H groups in total. The molecule has 1 fully saturated rings. The molecule has 3 nitrogen and oxygen atoms in total. The number of carbonyl (C=O) groups excluding carboxylic acids is 1. The van der Waals surface area contributed by atoms with Gasteiger partial charge in [-0.05, 0) is 32.1 Å². The number of aliphatic hydroxyl groups is 1. The number of aliphatic hydroxyl groups excluding tert-OH is 1. The highest BCUT2D eigenvalue weighted by molar-refractivity contribution is 14.1. The fourth-order valence-corrected chi connectivity index (χ4v) is 4.79. The van der Waals surface area contributed by atoms with Crippen LogP contribution in [0.3, 0.4) is 0 Å². The van der Waals surface area contributed by atoms with Gasteiger partial charge in [-0.2, -0.15) is 0 Å². The van der Waals surface area contributed by atoms with Gasteiger partial charge in [0.2, 0.25) is 0 Å². The normalized spacial score (nSPS) is 39.6. The Labute approximate surface area is 148 Å². The first-order chi connectivity index (χ1) is 10.6. The zero-order chi connectivity index (χ0) is 15.9. The van der Waals surface area contributed by atoms with Crippen molar-refractivity contribution >= 4 is 28.6 Å². The van der Waals surface area contributed by atoms with Crippen molar-refractivity contribution in [2.75, 3.05) is 0 Å². The van der Waals surface area contributed by atoms with E-state index in [0.717, 1.165) is 32.1 Å². The second-order valence-corrected chi connectivity index (χ2v) is 8.25. The molecule has 22 heavy (non-hydrogen) atoms. The number of halogens is 1. The van der Waals surface area contributed by atoms with Gasteiger partial charge in [-0.1, -0.05) is 60.9 Å². The number of carbonyl (C=O) groups is 1. The lowest BCUT2D eigenvalue weighted by Crippen LogP contribution is -2.31. The minimum atomic E-state index is -0.317. The molecule has 0 bridgehead atoms. The second-order valence-electron chi connectivity index (χ2n) is 6.65. The predicted octanol–water partition coefficient (Wildman–Crippen LogP) is 4.41. The quantitative estimate of drug-likeness (QED) is 0.296. The van der Waals surface area contributed by atoms with Gasteiger partial charge in [0.15, 0.2) is 0 Å². The lowest BCUT2D eigenvalue weighted by molar-refractivity contribution is -0.153. The second kappa shape index (κ2) is 9.26. The van der Waals surface area contributed by atoms with E-state index in [1.54, 1.807) is 0 Å². The van der Waals surface area contributed by atoms with Gasteiger partial charge in [0, 0.05) is 22.2 Å². The van der Waals surface area contributed by atoms with Crippen LogP contribution in [0.4, 0.5) is 0 Å². The Morgan fingerprint density at radius 1 is 1.27 bits per heavy atom. The molecular weight excluding hydrogens is 391 g/mol. The molecule has 1 aliphatic heterocycles. The molecule has 0 radical (unpaired) electrons. The van der Waals surface area contributed by atoms with Gasteiger partial charge in [-0.25, -0.2) is 0 Å². The summed E-state index contributed by atoms with van der Waals surface area (Å²) in [5.74, 6) is 0.325. The van der Waals surface area contributed by atoms with Crippen LogP contribution in [0, 0.1) is 11.8 Å². The van der Waals surface area contributed by atoms with Gasteiger partial charge in [0.1, 0.15) is 6.10 Å². The number of hydrogen-bond donors (Lipinski definition) is 1. The smallest absolute Gasteiger partial charge is 0.306 e. The molecule has 4 heteroatoms. The van der Waals surface area contributed by atoms with E-state index in [9.17, 15) is 9.90 Å². The summed E-state index contributed by atoms with van der Waals surface area (Å²) in [5.41, 5.74) is 0.